The quantitative estimate of drug-likeness (QED) is 0.481. The Morgan fingerprint density at radius 1 is 1.78 bits per heavy atom. The number of rotatable bonds is 1. The first-order valence-electron chi connectivity index (χ1n) is 2.55. The first-order valence-corrected chi connectivity index (χ1v) is 3.60. The van der Waals surface area contributed by atoms with Gasteiger partial charge in [-0.25, -0.2) is 0 Å². The summed E-state index contributed by atoms with van der Waals surface area (Å²) in [6.45, 7) is 0.545. The Kier molecular flexibility index (Phi) is 2.10. The first kappa shape index (κ1) is 6.61. The number of nitrogens with zero attached hydrogens (tertiary/aromatic N) is 1. The molecule has 0 aromatic carbocycles. The minimum atomic E-state index is -0.193. The molecule has 9 heavy (non-hydrogen) atoms. The highest BCUT2D eigenvalue weighted by Crippen LogP contribution is 2.12. The number of thioether (sulfide) groups is 1. The van der Waals surface area contributed by atoms with Crippen LogP contribution in [0.2, 0.25) is 0 Å². The average molecular weight is 144 g/mol. The Balaban J connectivity index is 2.48. The van der Waals surface area contributed by atoms with Crippen LogP contribution in [-0.2, 0) is 9.59 Å². The summed E-state index contributed by atoms with van der Waals surface area (Å²) in [5.74, 6) is 2.09. The molecule has 2 amide bonds. The van der Waals surface area contributed by atoms with E-state index in [1.54, 1.807) is 0 Å². The van der Waals surface area contributed by atoms with Crippen LogP contribution in [0.4, 0.5) is 0 Å². The van der Waals surface area contributed by atoms with Gasteiger partial charge in [0.1, 0.15) is 5.75 Å². The average Bonchev–Trinajstić information content (AvgIpc) is 1.89. The molecular weight excluding hydrogens is 138 g/mol. The van der Waals surface area contributed by atoms with E-state index in [-0.39, 0.29) is 5.91 Å². The molecule has 1 aliphatic rings. The van der Waals surface area contributed by atoms with Crippen molar-refractivity contribution in [2.24, 2.45) is 0 Å². The smallest absolute Gasteiger partial charge is 0.243 e. The first-order chi connectivity index (χ1) is 4.34. The van der Waals surface area contributed by atoms with Crippen molar-refractivity contribution < 1.29 is 9.59 Å². The Hall–Kier alpha value is -0.510. The largest absolute Gasteiger partial charge is 0.283 e. The highest BCUT2D eigenvalue weighted by Gasteiger charge is 2.16. The van der Waals surface area contributed by atoms with E-state index in [2.05, 4.69) is 0 Å². The van der Waals surface area contributed by atoms with Crippen molar-refractivity contribution >= 4 is 24.1 Å². The second-order valence-electron chi connectivity index (χ2n) is 1.63. The molecule has 0 aromatic rings. The van der Waals surface area contributed by atoms with Crippen LogP contribution in [0, 0.1) is 5.75 Å². The van der Waals surface area contributed by atoms with Gasteiger partial charge in [-0.1, -0.05) is 0 Å². The fourth-order valence-electron chi connectivity index (χ4n) is 0.564. The Bertz CT molecular complexity index is 137. The van der Waals surface area contributed by atoms with Crippen molar-refractivity contribution in [1.82, 2.24) is 4.90 Å². The lowest BCUT2D eigenvalue weighted by Gasteiger charge is -2.18. The van der Waals surface area contributed by atoms with Crippen molar-refractivity contribution in [3.8, 4) is 0 Å². The molecule has 0 atom stereocenters. The molecule has 0 saturated carbocycles. The summed E-state index contributed by atoms with van der Waals surface area (Å²) in [7, 11) is 0. The highest BCUT2D eigenvalue weighted by atomic mass is 32.2. The maximum atomic E-state index is 10.6. The van der Waals surface area contributed by atoms with Crippen molar-refractivity contribution in [3.05, 3.63) is 5.75 Å². The topological polar surface area (TPSA) is 37.4 Å². The molecule has 0 N–H and O–H groups in total. The van der Waals surface area contributed by atoms with Crippen molar-refractivity contribution in [2.75, 3.05) is 12.3 Å². The molecule has 0 aromatic heterocycles. The second kappa shape index (κ2) is 2.87. The van der Waals surface area contributed by atoms with Gasteiger partial charge >= 0.3 is 0 Å². The van der Waals surface area contributed by atoms with Gasteiger partial charge < -0.3 is 0 Å². The number of hydrogen-bond acceptors (Lipinski definition) is 3. The molecule has 1 saturated heterocycles. The van der Waals surface area contributed by atoms with Crippen LogP contribution in [0.25, 0.3) is 0 Å². The van der Waals surface area contributed by atoms with Gasteiger partial charge in [-0.15, -0.1) is 11.8 Å². The summed E-state index contributed by atoms with van der Waals surface area (Å²) in [6.07, 6.45) is 0.568. The van der Waals surface area contributed by atoms with Crippen LogP contribution in [0.1, 0.15) is 0 Å². The summed E-state index contributed by atoms with van der Waals surface area (Å²) in [5.41, 5.74) is 0. The minimum Gasteiger partial charge on any atom is -0.283 e. The zero-order chi connectivity index (χ0) is 6.69. The Labute approximate surface area is 57.4 Å². The molecule has 4 heteroatoms. The molecule has 1 aliphatic heterocycles. The minimum absolute atomic E-state index is 0.193. The normalized spacial score (nSPS) is 20.0. The van der Waals surface area contributed by atoms with E-state index in [9.17, 15) is 9.59 Å². The van der Waals surface area contributed by atoms with Crippen LogP contribution in [0.5, 0.6) is 0 Å². The molecule has 0 spiro atoms. The molecule has 3 nitrogen and oxygen atoms in total. The monoisotopic (exact) mass is 144 g/mol. The lowest BCUT2D eigenvalue weighted by atomic mass is 10.5. The van der Waals surface area contributed by atoms with E-state index < -0.39 is 0 Å². The van der Waals surface area contributed by atoms with E-state index in [0.29, 0.717) is 13.0 Å². The summed E-state index contributed by atoms with van der Waals surface area (Å²) < 4.78 is 0. The van der Waals surface area contributed by atoms with Gasteiger partial charge in [0, 0.05) is 12.3 Å². The van der Waals surface area contributed by atoms with Crippen LogP contribution in [-0.4, -0.2) is 29.5 Å². The van der Waals surface area contributed by atoms with Gasteiger partial charge in [0.25, 0.3) is 0 Å². The number of hydrogen-bond donors (Lipinski definition) is 0. The molecule has 0 bridgehead atoms. The third kappa shape index (κ3) is 1.45. The number of imide groups is 1. The zero-order valence-electron chi connectivity index (χ0n) is 4.74. The van der Waals surface area contributed by atoms with E-state index in [1.807, 2.05) is 0 Å². The molecular formula is C5H6NO2S. The second-order valence-corrected chi connectivity index (χ2v) is 2.60. The molecule has 0 unspecified atom stereocenters. The summed E-state index contributed by atoms with van der Waals surface area (Å²) >= 11 is 1.45. The summed E-state index contributed by atoms with van der Waals surface area (Å²) in [6, 6.07) is 0. The summed E-state index contributed by atoms with van der Waals surface area (Å²) in [4.78, 5) is 21.9. The van der Waals surface area contributed by atoms with Crippen molar-refractivity contribution in [1.29, 1.82) is 0 Å². The molecule has 1 fully saturated rings. The third-order valence-electron chi connectivity index (χ3n) is 1.04. The van der Waals surface area contributed by atoms with Gasteiger partial charge in [-0.2, -0.15) is 0 Å². The standard InChI is InChI=1S/C5H6NO2S/c7-4-6-1-2-9-3-5(6)8/h3-4H,1-2H2. The zero-order valence-corrected chi connectivity index (χ0v) is 5.56. The van der Waals surface area contributed by atoms with E-state index >= 15 is 0 Å². The summed E-state index contributed by atoms with van der Waals surface area (Å²) in [5, 5.41) is 0. The van der Waals surface area contributed by atoms with Crippen LogP contribution >= 0.6 is 11.8 Å². The van der Waals surface area contributed by atoms with Gasteiger partial charge in [-0.3, -0.25) is 14.5 Å². The van der Waals surface area contributed by atoms with Gasteiger partial charge in [-0.05, 0) is 0 Å². The van der Waals surface area contributed by atoms with Crippen LogP contribution in [0.15, 0.2) is 0 Å². The van der Waals surface area contributed by atoms with Gasteiger partial charge in [0.15, 0.2) is 0 Å². The number of carbonyl (C=O) groups is 2. The molecule has 1 heterocycles. The van der Waals surface area contributed by atoms with E-state index in [0.717, 1.165) is 10.7 Å². The number of carbonyl (C=O) groups excluding carboxylic acids is 2. The van der Waals surface area contributed by atoms with E-state index in [1.165, 1.54) is 17.5 Å². The molecule has 1 rings (SSSR count). The Morgan fingerprint density at radius 3 is 3.00 bits per heavy atom. The number of amides is 2. The molecule has 49 valence electrons. The third-order valence-corrected chi connectivity index (χ3v) is 1.83. The van der Waals surface area contributed by atoms with Crippen molar-refractivity contribution in [3.63, 3.8) is 0 Å². The SMILES string of the molecule is O=CN1CCS[CH]C1=O. The lowest BCUT2D eigenvalue weighted by molar-refractivity contribution is -0.134. The fourth-order valence-corrected chi connectivity index (χ4v) is 1.26. The molecule has 0 aliphatic carbocycles. The predicted molar refractivity (Wildman–Crippen MR) is 34.5 cm³/mol. The van der Waals surface area contributed by atoms with Gasteiger partial charge in [0.05, 0.1) is 0 Å². The molecule has 1 radical (unpaired) electrons. The van der Waals surface area contributed by atoms with Crippen LogP contribution in [0.3, 0.4) is 0 Å². The van der Waals surface area contributed by atoms with Gasteiger partial charge in [0.2, 0.25) is 12.3 Å². The fraction of sp³-hybridized carbons (Fsp3) is 0.400. The Morgan fingerprint density at radius 2 is 2.56 bits per heavy atom. The van der Waals surface area contributed by atoms with E-state index in [4.69, 9.17) is 0 Å². The lowest BCUT2D eigenvalue weighted by Crippen LogP contribution is -2.34. The predicted octanol–water partition coefficient (Wildman–Crippen LogP) is -0.120. The van der Waals surface area contributed by atoms with Crippen molar-refractivity contribution in [2.45, 2.75) is 0 Å². The van der Waals surface area contributed by atoms with Crippen LogP contribution < -0.4 is 0 Å². The maximum Gasteiger partial charge on any atom is 0.243 e. The maximum absolute atomic E-state index is 10.6. The highest BCUT2D eigenvalue weighted by molar-refractivity contribution is 8.02.